The SMILES string of the molecule is O=C(O)C(F)(O[13C](F)(F)[13C](F)(F)[13C](F)(F)F)C(F)(F)F. The van der Waals surface area contributed by atoms with Gasteiger partial charge in [-0.05, 0) is 0 Å². The first-order valence-electron chi connectivity index (χ1n) is 3.91. The molecule has 0 saturated heterocycles. The van der Waals surface area contributed by atoms with Gasteiger partial charge in [0.15, 0.2) is 0 Å². The highest BCUT2D eigenvalue weighted by atomic mass is 19.5. The molecule has 0 heterocycles. The van der Waals surface area contributed by atoms with Crippen molar-refractivity contribution in [1.29, 1.82) is 0 Å². The number of hydrogen-bond donors (Lipinski definition) is 1. The Morgan fingerprint density at radius 1 is 0.750 bits per heavy atom. The molecule has 0 radical (unpaired) electrons. The van der Waals surface area contributed by atoms with Crippen LogP contribution in [0.5, 0.6) is 0 Å². The molecule has 1 unspecified atom stereocenters. The standard InChI is InChI=1S/C6HF11O3/c7-2(1(18)19,4(10,11)12)20-6(16,17)3(8,9)5(13,14)15/h(H,18,19)/i3+1,5+1,6+1. The first-order chi connectivity index (χ1) is 8.40. The fourth-order valence-electron chi connectivity index (χ4n) is 0.628. The highest BCUT2D eigenvalue weighted by molar-refractivity contribution is 5.76. The minimum Gasteiger partial charge on any atom is -0.477 e. The van der Waals surface area contributed by atoms with Crippen LogP contribution in [0.3, 0.4) is 0 Å². The molecule has 0 aliphatic rings. The molecule has 14 heteroatoms. The van der Waals surface area contributed by atoms with Crippen LogP contribution in [-0.2, 0) is 9.53 Å². The first kappa shape index (κ1) is 18.7. The third kappa shape index (κ3) is 2.88. The number of halogens is 11. The van der Waals surface area contributed by atoms with E-state index in [1.165, 1.54) is 0 Å². The van der Waals surface area contributed by atoms with Crippen LogP contribution in [0.25, 0.3) is 0 Å². The van der Waals surface area contributed by atoms with Crippen LogP contribution in [0.1, 0.15) is 0 Å². The largest absolute Gasteiger partial charge is 0.477 e. The van der Waals surface area contributed by atoms with Crippen LogP contribution in [0.15, 0.2) is 0 Å². The summed E-state index contributed by atoms with van der Waals surface area (Å²) in [6.07, 6.45) is -21.1. The van der Waals surface area contributed by atoms with Crippen LogP contribution in [0.4, 0.5) is 48.3 Å². The molecule has 0 aromatic carbocycles. The van der Waals surface area contributed by atoms with Crippen LogP contribution in [-0.4, -0.2) is 41.3 Å². The average Bonchev–Trinajstić information content (AvgIpc) is 2.12. The average molecular weight is 333 g/mol. The van der Waals surface area contributed by atoms with E-state index in [1.807, 2.05) is 0 Å². The zero-order valence-electron chi connectivity index (χ0n) is 8.42. The molecule has 0 fully saturated rings. The summed E-state index contributed by atoms with van der Waals surface area (Å²) >= 11 is 0. The Morgan fingerprint density at radius 2 is 1.10 bits per heavy atom. The molecule has 120 valence electrons. The number of ether oxygens (including phenoxy) is 1. The predicted octanol–water partition coefficient (Wildman–Crippen LogP) is 3.11. The molecule has 0 saturated carbocycles. The summed E-state index contributed by atoms with van der Waals surface area (Å²) in [5.41, 5.74) is 0. The van der Waals surface area contributed by atoms with Gasteiger partial charge >= 0.3 is 36.2 Å². The molecular formula is C6HF11O3. The molecule has 1 atom stereocenters. The summed E-state index contributed by atoms with van der Waals surface area (Å²) in [6.45, 7) is 0. The second-order valence-electron chi connectivity index (χ2n) is 3.09. The molecule has 0 aromatic rings. The lowest BCUT2D eigenvalue weighted by atomic mass is 10.3. The van der Waals surface area contributed by atoms with Gasteiger partial charge in [-0.2, -0.15) is 48.3 Å². The summed E-state index contributed by atoms with van der Waals surface area (Å²) < 4.78 is 134. The van der Waals surface area contributed by atoms with Crippen molar-refractivity contribution in [3.05, 3.63) is 0 Å². The van der Waals surface area contributed by atoms with E-state index >= 15 is 0 Å². The molecule has 0 aliphatic heterocycles. The Morgan fingerprint density at radius 3 is 1.30 bits per heavy atom. The van der Waals surface area contributed by atoms with Gasteiger partial charge in [0.25, 0.3) is 0 Å². The molecule has 0 aliphatic carbocycles. The van der Waals surface area contributed by atoms with E-state index in [4.69, 9.17) is 5.11 Å². The number of alkyl halides is 11. The highest BCUT2D eigenvalue weighted by Crippen LogP contribution is 2.50. The number of carboxylic acid groups (broad SMARTS) is 1. The van der Waals surface area contributed by atoms with Gasteiger partial charge in [-0.1, -0.05) is 0 Å². The Kier molecular flexibility index (Phi) is 4.29. The van der Waals surface area contributed by atoms with Crippen LogP contribution >= 0.6 is 0 Å². The highest BCUT2D eigenvalue weighted by Gasteiger charge is 2.79. The van der Waals surface area contributed by atoms with E-state index in [1.54, 1.807) is 4.74 Å². The van der Waals surface area contributed by atoms with Crippen molar-refractivity contribution in [1.82, 2.24) is 0 Å². The van der Waals surface area contributed by atoms with Gasteiger partial charge in [0, 0.05) is 0 Å². The van der Waals surface area contributed by atoms with Crippen molar-refractivity contribution in [3.63, 3.8) is 0 Å². The first-order valence-corrected chi connectivity index (χ1v) is 3.91. The van der Waals surface area contributed by atoms with E-state index in [-0.39, 0.29) is 0 Å². The van der Waals surface area contributed by atoms with Gasteiger partial charge in [-0.25, -0.2) is 4.79 Å². The second-order valence-corrected chi connectivity index (χ2v) is 3.09. The maximum atomic E-state index is 12.7. The summed E-state index contributed by atoms with van der Waals surface area (Å²) in [4.78, 5) is 9.84. The minimum absolute atomic E-state index is 1.65. The van der Waals surface area contributed by atoms with Crippen molar-refractivity contribution >= 4 is 5.97 Å². The molecule has 20 heavy (non-hydrogen) atoms. The molecule has 1 N–H and O–H groups in total. The number of aliphatic carboxylic acids is 1. The summed E-state index contributed by atoms with van der Waals surface area (Å²) in [7, 11) is 0. The Hall–Kier alpha value is -1.34. The second kappa shape index (κ2) is 4.60. The zero-order chi connectivity index (χ0) is 16.8. The summed E-state index contributed by atoms with van der Waals surface area (Å²) in [5, 5.41) is 7.72. The molecule has 3 nitrogen and oxygen atoms in total. The fraction of sp³-hybridized carbons (Fsp3) is 0.833. The predicted molar refractivity (Wildman–Crippen MR) is 34.6 cm³/mol. The fourth-order valence-corrected chi connectivity index (χ4v) is 0.628. The monoisotopic (exact) mass is 333 g/mol. The third-order valence-electron chi connectivity index (χ3n) is 1.63. The topological polar surface area (TPSA) is 46.5 Å². The third-order valence-corrected chi connectivity index (χ3v) is 1.63. The van der Waals surface area contributed by atoms with E-state index in [2.05, 4.69) is 0 Å². The van der Waals surface area contributed by atoms with Crippen molar-refractivity contribution < 1.29 is 62.9 Å². The van der Waals surface area contributed by atoms with Gasteiger partial charge in [0.1, 0.15) is 0 Å². The van der Waals surface area contributed by atoms with E-state index < -0.39 is 36.2 Å². The van der Waals surface area contributed by atoms with Crippen molar-refractivity contribution in [2.45, 2.75) is 30.2 Å². The number of carboxylic acids is 1. The molecule has 0 aromatic heterocycles. The van der Waals surface area contributed by atoms with Gasteiger partial charge < -0.3 is 5.11 Å². The maximum absolute atomic E-state index is 12.7. The smallest absolute Gasteiger partial charge is 0.462 e. The zero-order valence-corrected chi connectivity index (χ0v) is 8.42. The number of hydrogen-bond acceptors (Lipinski definition) is 2. The van der Waals surface area contributed by atoms with Gasteiger partial charge in [-0.15, -0.1) is 0 Å². The van der Waals surface area contributed by atoms with Crippen molar-refractivity contribution in [2.24, 2.45) is 0 Å². The normalized spacial score (nSPS) is 17.8. The Labute approximate surface area is 100 Å². The Balaban J connectivity index is 5.73. The number of rotatable bonds is 4. The molecule has 0 amide bonds. The lowest BCUT2D eigenvalue weighted by Crippen LogP contribution is -2.61. The molecule has 0 bridgehead atoms. The molecule has 0 rings (SSSR count). The van der Waals surface area contributed by atoms with Gasteiger partial charge in [-0.3, -0.25) is 4.74 Å². The van der Waals surface area contributed by atoms with E-state index in [0.29, 0.717) is 0 Å². The maximum Gasteiger partial charge on any atom is 0.462 e. The van der Waals surface area contributed by atoms with Gasteiger partial charge in [0.05, 0.1) is 0 Å². The number of carbonyl (C=O) groups is 1. The van der Waals surface area contributed by atoms with Crippen LogP contribution in [0, 0.1) is 0 Å². The van der Waals surface area contributed by atoms with Crippen molar-refractivity contribution in [3.8, 4) is 0 Å². The summed E-state index contributed by atoms with van der Waals surface area (Å²) in [5.74, 6) is -17.6. The Bertz CT molecular complexity index is 383. The molecule has 0 spiro atoms. The van der Waals surface area contributed by atoms with E-state index in [0.717, 1.165) is 0 Å². The van der Waals surface area contributed by atoms with Crippen molar-refractivity contribution in [2.75, 3.05) is 0 Å². The lowest BCUT2D eigenvalue weighted by Gasteiger charge is -2.32. The van der Waals surface area contributed by atoms with Gasteiger partial charge in [0.2, 0.25) is 0 Å². The van der Waals surface area contributed by atoms with E-state index in [9.17, 15) is 53.1 Å². The van der Waals surface area contributed by atoms with Crippen LogP contribution in [0.2, 0.25) is 0 Å². The summed E-state index contributed by atoms with van der Waals surface area (Å²) in [6, 6.07) is 0. The quantitative estimate of drug-likeness (QED) is 0.635. The molecular weight excluding hydrogens is 332 g/mol. The lowest BCUT2D eigenvalue weighted by molar-refractivity contribution is -0.474. The minimum atomic E-state index is -7.27. The van der Waals surface area contributed by atoms with Crippen LogP contribution < -0.4 is 0 Å².